The summed E-state index contributed by atoms with van der Waals surface area (Å²) in [6.45, 7) is 5.08. The maximum absolute atomic E-state index is 12.4. The molecule has 140 valence electrons. The summed E-state index contributed by atoms with van der Waals surface area (Å²) in [4.78, 5) is 14.5. The van der Waals surface area contributed by atoms with Gasteiger partial charge in [0.05, 0.1) is 25.8 Å². The van der Waals surface area contributed by atoms with Crippen molar-refractivity contribution in [2.24, 2.45) is 0 Å². The summed E-state index contributed by atoms with van der Waals surface area (Å²) in [5.41, 5.74) is 4.11. The fraction of sp³-hybridized carbons (Fsp3) is 0.650. The van der Waals surface area contributed by atoms with Crippen molar-refractivity contribution in [3.63, 3.8) is 0 Å². The number of amides is 1. The highest BCUT2D eigenvalue weighted by atomic mass is 16.5. The molecule has 0 radical (unpaired) electrons. The molecule has 1 amide bonds. The zero-order valence-electron chi connectivity index (χ0n) is 15.8. The van der Waals surface area contributed by atoms with E-state index in [4.69, 9.17) is 9.47 Å². The molecule has 5 heteroatoms. The van der Waals surface area contributed by atoms with Crippen LogP contribution in [0.3, 0.4) is 0 Å². The van der Waals surface area contributed by atoms with Gasteiger partial charge in [0.1, 0.15) is 0 Å². The van der Waals surface area contributed by atoms with Crippen LogP contribution in [0.2, 0.25) is 0 Å². The molecule has 1 unspecified atom stereocenters. The second kappa shape index (κ2) is 10.5. The SMILES string of the molecule is COCCN(CCOC)CC(=O)NC(C)c1ccc2c(c1)CCCC2. The van der Waals surface area contributed by atoms with Crippen LogP contribution in [0.15, 0.2) is 18.2 Å². The van der Waals surface area contributed by atoms with Crippen molar-refractivity contribution in [3.05, 3.63) is 34.9 Å². The van der Waals surface area contributed by atoms with E-state index in [-0.39, 0.29) is 11.9 Å². The number of benzene rings is 1. The Morgan fingerprint density at radius 1 is 1.12 bits per heavy atom. The van der Waals surface area contributed by atoms with Crippen LogP contribution in [-0.2, 0) is 27.1 Å². The molecule has 2 rings (SSSR count). The molecule has 1 aromatic carbocycles. The molecule has 0 fully saturated rings. The zero-order valence-corrected chi connectivity index (χ0v) is 15.8. The van der Waals surface area contributed by atoms with Gasteiger partial charge in [-0.2, -0.15) is 0 Å². The van der Waals surface area contributed by atoms with Gasteiger partial charge in [0, 0.05) is 27.3 Å². The number of carbonyl (C=O) groups excluding carboxylic acids is 1. The van der Waals surface area contributed by atoms with Gasteiger partial charge in [-0.1, -0.05) is 18.2 Å². The average molecular weight is 348 g/mol. The van der Waals surface area contributed by atoms with Crippen molar-refractivity contribution < 1.29 is 14.3 Å². The van der Waals surface area contributed by atoms with Crippen molar-refractivity contribution in [3.8, 4) is 0 Å². The fourth-order valence-electron chi connectivity index (χ4n) is 3.31. The normalized spacial score (nSPS) is 15.0. The second-order valence-corrected chi connectivity index (χ2v) is 6.79. The summed E-state index contributed by atoms with van der Waals surface area (Å²) < 4.78 is 10.2. The summed E-state index contributed by atoms with van der Waals surface area (Å²) in [7, 11) is 3.35. The van der Waals surface area contributed by atoms with E-state index in [1.165, 1.54) is 36.0 Å². The van der Waals surface area contributed by atoms with Crippen molar-refractivity contribution >= 4 is 5.91 Å². The average Bonchev–Trinajstić information content (AvgIpc) is 2.63. The molecule has 0 saturated heterocycles. The number of nitrogens with one attached hydrogen (secondary N) is 1. The van der Waals surface area contributed by atoms with Crippen LogP contribution in [0.4, 0.5) is 0 Å². The van der Waals surface area contributed by atoms with Gasteiger partial charge in [-0.05, 0) is 49.3 Å². The highest BCUT2D eigenvalue weighted by Gasteiger charge is 2.16. The Bertz CT molecular complexity index is 540. The third kappa shape index (κ3) is 6.42. The van der Waals surface area contributed by atoms with Crippen LogP contribution < -0.4 is 5.32 Å². The molecular formula is C20H32N2O3. The molecular weight excluding hydrogens is 316 g/mol. The summed E-state index contributed by atoms with van der Waals surface area (Å²) in [5.74, 6) is 0.0393. The first kappa shape index (κ1) is 19.9. The Hall–Kier alpha value is -1.43. The first-order valence-electron chi connectivity index (χ1n) is 9.25. The van der Waals surface area contributed by atoms with E-state index in [0.717, 1.165) is 19.5 Å². The molecule has 1 aromatic rings. The lowest BCUT2D eigenvalue weighted by atomic mass is 9.89. The van der Waals surface area contributed by atoms with E-state index in [0.29, 0.717) is 19.8 Å². The van der Waals surface area contributed by atoms with E-state index in [1.807, 2.05) is 0 Å². The summed E-state index contributed by atoms with van der Waals surface area (Å²) in [6, 6.07) is 6.68. The summed E-state index contributed by atoms with van der Waals surface area (Å²) in [5, 5.41) is 3.12. The quantitative estimate of drug-likeness (QED) is 0.705. The van der Waals surface area contributed by atoms with Crippen molar-refractivity contribution in [1.29, 1.82) is 0 Å². The van der Waals surface area contributed by atoms with E-state index in [2.05, 4.69) is 35.3 Å². The third-order valence-corrected chi connectivity index (χ3v) is 4.84. The second-order valence-electron chi connectivity index (χ2n) is 6.79. The number of ether oxygens (including phenoxy) is 2. The van der Waals surface area contributed by atoms with Crippen molar-refractivity contribution in [2.45, 2.75) is 38.6 Å². The van der Waals surface area contributed by atoms with Gasteiger partial charge in [0.2, 0.25) is 5.91 Å². The molecule has 25 heavy (non-hydrogen) atoms. The Kier molecular flexibility index (Phi) is 8.38. The molecule has 0 aliphatic heterocycles. The number of fused-ring (bicyclic) bond motifs is 1. The highest BCUT2D eigenvalue weighted by molar-refractivity contribution is 5.78. The lowest BCUT2D eigenvalue weighted by Crippen LogP contribution is -2.41. The molecule has 1 aliphatic rings. The maximum atomic E-state index is 12.4. The smallest absolute Gasteiger partial charge is 0.234 e. The van der Waals surface area contributed by atoms with Crippen molar-refractivity contribution in [2.75, 3.05) is 47.1 Å². The summed E-state index contributed by atoms with van der Waals surface area (Å²) >= 11 is 0. The van der Waals surface area contributed by atoms with Crippen molar-refractivity contribution in [1.82, 2.24) is 10.2 Å². The molecule has 1 aliphatic carbocycles. The first-order valence-corrected chi connectivity index (χ1v) is 9.25. The molecule has 1 atom stereocenters. The fourth-order valence-corrected chi connectivity index (χ4v) is 3.31. The number of rotatable bonds is 10. The van der Waals surface area contributed by atoms with E-state index in [9.17, 15) is 4.79 Å². The molecule has 1 N–H and O–H groups in total. The van der Waals surface area contributed by atoms with Crippen LogP contribution in [-0.4, -0.2) is 57.9 Å². The number of hydrogen-bond donors (Lipinski definition) is 1. The molecule has 0 aromatic heterocycles. The number of hydrogen-bond acceptors (Lipinski definition) is 4. The minimum absolute atomic E-state index is 0.0198. The Labute approximate surface area is 151 Å². The minimum Gasteiger partial charge on any atom is -0.383 e. The minimum atomic E-state index is 0.0198. The lowest BCUT2D eigenvalue weighted by Gasteiger charge is -2.23. The van der Waals surface area contributed by atoms with Gasteiger partial charge in [-0.25, -0.2) is 0 Å². The molecule has 0 bridgehead atoms. The zero-order chi connectivity index (χ0) is 18.1. The highest BCUT2D eigenvalue weighted by Crippen LogP contribution is 2.24. The Balaban J connectivity index is 1.89. The first-order chi connectivity index (χ1) is 12.1. The van der Waals surface area contributed by atoms with Crippen LogP contribution in [0, 0.1) is 0 Å². The Morgan fingerprint density at radius 3 is 2.40 bits per heavy atom. The van der Waals surface area contributed by atoms with Crippen LogP contribution in [0.25, 0.3) is 0 Å². The monoisotopic (exact) mass is 348 g/mol. The number of methoxy groups -OCH3 is 2. The number of nitrogens with zero attached hydrogens (tertiary/aromatic N) is 1. The van der Waals surface area contributed by atoms with E-state index >= 15 is 0 Å². The van der Waals surface area contributed by atoms with E-state index in [1.54, 1.807) is 14.2 Å². The van der Waals surface area contributed by atoms with Gasteiger partial charge in [-0.3, -0.25) is 9.69 Å². The maximum Gasteiger partial charge on any atom is 0.234 e. The summed E-state index contributed by atoms with van der Waals surface area (Å²) in [6.07, 6.45) is 4.90. The molecule has 0 saturated carbocycles. The number of aryl methyl sites for hydroxylation is 2. The molecule has 5 nitrogen and oxygen atoms in total. The van der Waals surface area contributed by atoms with Crippen LogP contribution >= 0.6 is 0 Å². The van der Waals surface area contributed by atoms with Crippen LogP contribution in [0.5, 0.6) is 0 Å². The van der Waals surface area contributed by atoms with Gasteiger partial charge < -0.3 is 14.8 Å². The van der Waals surface area contributed by atoms with Gasteiger partial charge in [-0.15, -0.1) is 0 Å². The third-order valence-electron chi connectivity index (χ3n) is 4.84. The van der Waals surface area contributed by atoms with E-state index < -0.39 is 0 Å². The standard InChI is InChI=1S/C20H32N2O3/c1-16(18-9-8-17-6-4-5-7-19(17)14-18)21-20(23)15-22(10-12-24-2)11-13-25-3/h8-9,14,16H,4-7,10-13,15H2,1-3H3,(H,21,23). The predicted molar refractivity (Wildman–Crippen MR) is 99.8 cm³/mol. The number of carbonyl (C=O) groups is 1. The predicted octanol–water partition coefficient (Wildman–Crippen LogP) is 2.34. The van der Waals surface area contributed by atoms with Crippen LogP contribution in [0.1, 0.15) is 42.5 Å². The van der Waals surface area contributed by atoms with Gasteiger partial charge in [0.15, 0.2) is 0 Å². The molecule has 0 heterocycles. The lowest BCUT2D eigenvalue weighted by molar-refractivity contribution is -0.123. The largest absolute Gasteiger partial charge is 0.383 e. The van der Waals surface area contributed by atoms with Gasteiger partial charge >= 0.3 is 0 Å². The molecule has 0 spiro atoms. The Morgan fingerprint density at radius 2 is 1.76 bits per heavy atom. The van der Waals surface area contributed by atoms with Gasteiger partial charge in [0.25, 0.3) is 0 Å². The topological polar surface area (TPSA) is 50.8 Å².